The molecule has 1 aliphatic heterocycles. The summed E-state index contributed by atoms with van der Waals surface area (Å²) in [6.07, 6.45) is 2.10. The highest BCUT2D eigenvalue weighted by atomic mass is 16.4. The Balaban J connectivity index is 1.92. The molecular formula is C15H22N2O2. The van der Waals surface area contributed by atoms with Crippen molar-refractivity contribution in [3.8, 4) is 0 Å². The van der Waals surface area contributed by atoms with Gasteiger partial charge in [-0.1, -0.05) is 12.1 Å². The minimum Gasteiger partial charge on any atom is -0.480 e. The number of carboxylic acids is 1. The van der Waals surface area contributed by atoms with Crippen LogP contribution in [-0.2, 0) is 4.79 Å². The quantitative estimate of drug-likeness (QED) is 0.901. The predicted molar refractivity (Wildman–Crippen MR) is 76.8 cm³/mol. The van der Waals surface area contributed by atoms with Gasteiger partial charge in [0.05, 0.1) is 6.54 Å². The molecule has 0 spiro atoms. The molecule has 4 heteroatoms. The van der Waals surface area contributed by atoms with Crippen LogP contribution in [0.2, 0.25) is 0 Å². The molecule has 1 aromatic rings. The van der Waals surface area contributed by atoms with Crippen LogP contribution in [0.5, 0.6) is 0 Å². The molecule has 0 atom stereocenters. The van der Waals surface area contributed by atoms with Gasteiger partial charge in [-0.3, -0.25) is 9.69 Å². The average molecular weight is 262 g/mol. The lowest BCUT2D eigenvalue weighted by atomic mass is 9.89. The molecule has 0 saturated carbocycles. The predicted octanol–water partition coefficient (Wildman–Crippen LogP) is 2.02. The van der Waals surface area contributed by atoms with Crippen LogP contribution in [0.4, 0.5) is 5.69 Å². The number of hydrogen-bond acceptors (Lipinski definition) is 3. The number of carboxylic acid groups (broad SMARTS) is 1. The number of rotatable bonds is 4. The Hall–Kier alpha value is -1.55. The second-order valence-corrected chi connectivity index (χ2v) is 5.43. The number of anilines is 1. The van der Waals surface area contributed by atoms with E-state index in [4.69, 9.17) is 5.11 Å². The normalized spacial score (nSPS) is 17.4. The maximum absolute atomic E-state index is 10.7. The SMILES string of the molecule is CN(C)c1ccc(C2CCN(CC(=O)O)CC2)cc1. The van der Waals surface area contributed by atoms with Gasteiger partial charge in [0.15, 0.2) is 0 Å². The van der Waals surface area contributed by atoms with Crippen LogP contribution in [0.3, 0.4) is 0 Å². The van der Waals surface area contributed by atoms with E-state index in [0.717, 1.165) is 25.9 Å². The molecule has 1 saturated heterocycles. The van der Waals surface area contributed by atoms with Crippen molar-refractivity contribution in [2.24, 2.45) is 0 Å². The summed E-state index contributed by atoms with van der Waals surface area (Å²) in [6.45, 7) is 1.94. The zero-order valence-electron chi connectivity index (χ0n) is 11.7. The van der Waals surface area contributed by atoms with Crippen molar-refractivity contribution >= 4 is 11.7 Å². The van der Waals surface area contributed by atoms with Crippen LogP contribution in [-0.4, -0.2) is 49.7 Å². The summed E-state index contributed by atoms with van der Waals surface area (Å²) in [4.78, 5) is 14.8. The van der Waals surface area contributed by atoms with Crippen LogP contribution < -0.4 is 4.90 Å². The first kappa shape index (κ1) is 13.9. The van der Waals surface area contributed by atoms with E-state index in [-0.39, 0.29) is 6.54 Å². The third-order valence-corrected chi connectivity index (χ3v) is 3.83. The molecule has 19 heavy (non-hydrogen) atoms. The van der Waals surface area contributed by atoms with E-state index in [9.17, 15) is 4.79 Å². The number of carbonyl (C=O) groups is 1. The van der Waals surface area contributed by atoms with Crippen molar-refractivity contribution in [3.63, 3.8) is 0 Å². The van der Waals surface area contributed by atoms with Gasteiger partial charge < -0.3 is 10.0 Å². The summed E-state index contributed by atoms with van der Waals surface area (Å²) in [5, 5.41) is 8.78. The standard InChI is InChI=1S/C15H22N2O2/c1-16(2)14-5-3-12(4-6-14)13-7-9-17(10-8-13)11-15(18)19/h3-6,13H,7-11H2,1-2H3,(H,18,19). The zero-order valence-corrected chi connectivity index (χ0v) is 11.7. The Labute approximate surface area is 114 Å². The number of hydrogen-bond donors (Lipinski definition) is 1. The number of piperidine rings is 1. The molecule has 0 aromatic heterocycles. The van der Waals surface area contributed by atoms with Crippen molar-refractivity contribution in [2.45, 2.75) is 18.8 Å². The van der Waals surface area contributed by atoms with Crippen molar-refractivity contribution in [3.05, 3.63) is 29.8 Å². The van der Waals surface area contributed by atoms with Gasteiger partial charge in [-0.2, -0.15) is 0 Å². The molecule has 4 nitrogen and oxygen atoms in total. The Morgan fingerprint density at radius 2 is 1.84 bits per heavy atom. The summed E-state index contributed by atoms with van der Waals surface area (Å²) in [7, 11) is 4.08. The molecule has 0 amide bonds. The van der Waals surface area contributed by atoms with Crippen LogP contribution in [0.1, 0.15) is 24.3 Å². The minimum atomic E-state index is -0.728. The highest BCUT2D eigenvalue weighted by molar-refractivity contribution is 5.69. The van der Waals surface area contributed by atoms with Crippen LogP contribution in [0.25, 0.3) is 0 Å². The van der Waals surface area contributed by atoms with E-state index in [2.05, 4.69) is 29.2 Å². The van der Waals surface area contributed by atoms with Gasteiger partial charge in [0, 0.05) is 19.8 Å². The van der Waals surface area contributed by atoms with Gasteiger partial charge in [-0.25, -0.2) is 0 Å². The lowest BCUT2D eigenvalue weighted by Gasteiger charge is -2.31. The first-order valence-electron chi connectivity index (χ1n) is 6.77. The number of benzene rings is 1. The molecule has 1 aromatic carbocycles. The fourth-order valence-corrected chi connectivity index (χ4v) is 2.66. The maximum Gasteiger partial charge on any atom is 0.317 e. The summed E-state index contributed by atoms with van der Waals surface area (Å²) in [5.74, 6) is -0.157. The molecule has 0 aliphatic carbocycles. The Morgan fingerprint density at radius 1 is 1.26 bits per heavy atom. The highest BCUT2D eigenvalue weighted by Gasteiger charge is 2.21. The molecule has 1 fully saturated rings. The van der Waals surface area contributed by atoms with Crippen LogP contribution in [0.15, 0.2) is 24.3 Å². The number of likely N-dealkylation sites (tertiary alicyclic amines) is 1. The smallest absolute Gasteiger partial charge is 0.317 e. The minimum absolute atomic E-state index is 0.173. The molecule has 0 unspecified atom stereocenters. The molecule has 1 N–H and O–H groups in total. The van der Waals surface area contributed by atoms with E-state index in [1.165, 1.54) is 11.3 Å². The van der Waals surface area contributed by atoms with Crippen molar-refractivity contribution in [2.75, 3.05) is 38.6 Å². The molecule has 0 bridgehead atoms. The first-order chi connectivity index (χ1) is 9.06. The van der Waals surface area contributed by atoms with Gasteiger partial charge >= 0.3 is 5.97 Å². The number of nitrogens with zero attached hydrogens (tertiary/aromatic N) is 2. The summed E-state index contributed by atoms with van der Waals surface area (Å²) in [5.41, 5.74) is 2.59. The monoisotopic (exact) mass is 262 g/mol. The largest absolute Gasteiger partial charge is 0.480 e. The lowest BCUT2D eigenvalue weighted by Crippen LogP contribution is -2.36. The Morgan fingerprint density at radius 3 is 2.32 bits per heavy atom. The van der Waals surface area contributed by atoms with Crippen LogP contribution in [0, 0.1) is 0 Å². The Bertz CT molecular complexity index is 420. The third kappa shape index (κ3) is 3.70. The van der Waals surface area contributed by atoms with Gasteiger partial charge in [-0.15, -0.1) is 0 Å². The van der Waals surface area contributed by atoms with E-state index >= 15 is 0 Å². The molecule has 1 aliphatic rings. The van der Waals surface area contributed by atoms with Crippen molar-refractivity contribution in [1.29, 1.82) is 0 Å². The van der Waals surface area contributed by atoms with Gasteiger partial charge in [-0.05, 0) is 49.5 Å². The van der Waals surface area contributed by atoms with E-state index in [1.54, 1.807) is 0 Å². The second kappa shape index (κ2) is 6.06. The molecule has 104 valence electrons. The second-order valence-electron chi connectivity index (χ2n) is 5.43. The van der Waals surface area contributed by atoms with Crippen molar-refractivity contribution < 1.29 is 9.90 Å². The van der Waals surface area contributed by atoms with E-state index in [1.807, 2.05) is 19.0 Å². The third-order valence-electron chi connectivity index (χ3n) is 3.83. The van der Waals surface area contributed by atoms with Crippen LogP contribution >= 0.6 is 0 Å². The number of aliphatic carboxylic acids is 1. The fraction of sp³-hybridized carbons (Fsp3) is 0.533. The van der Waals surface area contributed by atoms with E-state index in [0.29, 0.717) is 5.92 Å². The van der Waals surface area contributed by atoms with Gasteiger partial charge in [0.1, 0.15) is 0 Å². The van der Waals surface area contributed by atoms with E-state index < -0.39 is 5.97 Å². The molecule has 2 rings (SSSR count). The van der Waals surface area contributed by atoms with Gasteiger partial charge in [0.2, 0.25) is 0 Å². The highest BCUT2D eigenvalue weighted by Crippen LogP contribution is 2.29. The average Bonchev–Trinajstić information content (AvgIpc) is 2.39. The maximum atomic E-state index is 10.7. The zero-order chi connectivity index (χ0) is 13.8. The van der Waals surface area contributed by atoms with Gasteiger partial charge in [0.25, 0.3) is 0 Å². The molecular weight excluding hydrogens is 240 g/mol. The Kier molecular flexibility index (Phi) is 4.43. The summed E-state index contributed by atoms with van der Waals surface area (Å²) >= 11 is 0. The molecule has 1 heterocycles. The summed E-state index contributed by atoms with van der Waals surface area (Å²) < 4.78 is 0. The first-order valence-corrected chi connectivity index (χ1v) is 6.77. The fourth-order valence-electron chi connectivity index (χ4n) is 2.66. The van der Waals surface area contributed by atoms with Crippen molar-refractivity contribution in [1.82, 2.24) is 4.90 Å². The molecule has 0 radical (unpaired) electrons. The lowest BCUT2D eigenvalue weighted by molar-refractivity contribution is -0.138. The topological polar surface area (TPSA) is 43.8 Å². The summed E-state index contributed by atoms with van der Waals surface area (Å²) in [6, 6.07) is 8.71.